The number of nitrogens with one attached hydrogen (secondary N) is 1. The fourth-order valence-electron chi connectivity index (χ4n) is 3.65. The second-order valence-corrected chi connectivity index (χ2v) is 6.56. The fraction of sp³-hybridized carbons (Fsp3) is 0.562. The molecule has 1 N–H and O–H groups in total. The number of hydrogen-bond acceptors (Lipinski definition) is 2. The zero-order valence-corrected chi connectivity index (χ0v) is 12.2. The smallest absolute Gasteiger partial charge is 0.254 e. The quantitative estimate of drug-likeness (QED) is 0.853. The number of carbonyl (C=O) groups is 1. The van der Waals surface area contributed by atoms with Crippen molar-refractivity contribution in [3.05, 3.63) is 35.1 Å². The summed E-state index contributed by atoms with van der Waals surface area (Å²) in [5.74, 6) is 0.643. The summed E-state index contributed by atoms with van der Waals surface area (Å²) in [5.41, 5.74) is 0.851. The summed E-state index contributed by atoms with van der Waals surface area (Å²) in [5, 5.41) is 3.40. The van der Waals surface area contributed by atoms with E-state index in [1.165, 1.54) is 6.07 Å². The largest absolute Gasteiger partial charge is 0.333 e. The van der Waals surface area contributed by atoms with Gasteiger partial charge < -0.3 is 10.2 Å². The van der Waals surface area contributed by atoms with Gasteiger partial charge in [0.15, 0.2) is 0 Å². The zero-order valence-electron chi connectivity index (χ0n) is 12.2. The van der Waals surface area contributed by atoms with Gasteiger partial charge in [-0.2, -0.15) is 0 Å². The van der Waals surface area contributed by atoms with Crippen LogP contribution in [0.3, 0.4) is 0 Å². The minimum absolute atomic E-state index is 0.0525. The maximum absolute atomic E-state index is 13.7. The zero-order chi connectivity index (χ0) is 14.5. The number of halogens is 1. The molecule has 0 aromatic heterocycles. The summed E-state index contributed by atoms with van der Waals surface area (Å²) in [4.78, 5) is 14.6. The van der Waals surface area contributed by atoms with E-state index in [2.05, 4.69) is 19.2 Å². The van der Waals surface area contributed by atoms with Gasteiger partial charge in [0.05, 0.1) is 0 Å². The first-order valence-corrected chi connectivity index (χ1v) is 7.20. The molecule has 2 fully saturated rings. The van der Waals surface area contributed by atoms with Gasteiger partial charge in [0, 0.05) is 30.7 Å². The van der Waals surface area contributed by atoms with Crippen LogP contribution in [0.15, 0.2) is 18.2 Å². The molecule has 0 saturated carbocycles. The van der Waals surface area contributed by atoms with Gasteiger partial charge in [0.1, 0.15) is 5.82 Å². The Labute approximate surface area is 119 Å². The van der Waals surface area contributed by atoms with Crippen molar-refractivity contribution >= 4 is 5.91 Å². The lowest BCUT2D eigenvalue weighted by molar-refractivity contribution is 0.0603. The van der Waals surface area contributed by atoms with Gasteiger partial charge in [-0.05, 0) is 50.3 Å². The van der Waals surface area contributed by atoms with Gasteiger partial charge >= 0.3 is 0 Å². The molecular weight excluding hydrogens is 255 g/mol. The minimum Gasteiger partial charge on any atom is -0.333 e. The van der Waals surface area contributed by atoms with Gasteiger partial charge in [-0.25, -0.2) is 4.39 Å². The molecule has 2 heterocycles. The summed E-state index contributed by atoms with van der Waals surface area (Å²) in [6, 6.07) is 4.76. The first kappa shape index (κ1) is 13.6. The maximum atomic E-state index is 13.7. The van der Waals surface area contributed by atoms with E-state index in [9.17, 15) is 9.18 Å². The van der Waals surface area contributed by atoms with Crippen molar-refractivity contribution in [2.45, 2.75) is 26.3 Å². The molecule has 1 aromatic rings. The molecule has 1 aromatic carbocycles. The van der Waals surface area contributed by atoms with E-state index >= 15 is 0 Å². The van der Waals surface area contributed by atoms with Crippen molar-refractivity contribution in [2.24, 2.45) is 11.8 Å². The van der Waals surface area contributed by atoms with Crippen LogP contribution in [0.2, 0.25) is 0 Å². The van der Waals surface area contributed by atoms with Crippen molar-refractivity contribution in [1.82, 2.24) is 10.2 Å². The van der Waals surface area contributed by atoms with Crippen LogP contribution in [0.1, 0.15) is 29.8 Å². The Hall–Kier alpha value is -1.42. The summed E-state index contributed by atoms with van der Waals surface area (Å²) < 4.78 is 13.7. The predicted molar refractivity (Wildman–Crippen MR) is 76.1 cm³/mol. The summed E-state index contributed by atoms with van der Waals surface area (Å²) in [7, 11) is 0. The Morgan fingerprint density at radius 2 is 2.15 bits per heavy atom. The number of fused-ring (bicyclic) bond motifs is 1. The van der Waals surface area contributed by atoms with Crippen LogP contribution in [-0.4, -0.2) is 36.0 Å². The van der Waals surface area contributed by atoms with E-state index in [-0.39, 0.29) is 17.3 Å². The number of hydrogen-bond donors (Lipinski definition) is 1. The van der Waals surface area contributed by atoms with Crippen molar-refractivity contribution in [3.63, 3.8) is 0 Å². The van der Waals surface area contributed by atoms with Gasteiger partial charge in [0.25, 0.3) is 5.91 Å². The molecular formula is C16H21FN2O. The summed E-state index contributed by atoms with van der Waals surface area (Å²) >= 11 is 0. The first-order valence-electron chi connectivity index (χ1n) is 7.20. The number of aryl methyl sites for hydroxylation is 1. The molecule has 3 rings (SSSR count). The SMILES string of the molecule is Cc1ccc(C(=O)N2CC3CNCC3C2(C)C)cc1F. The molecule has 0 radical (unpaired) electrons. The molecule has 4 heteroatoms. The molecule has 2 saturated heterocycles. The van der Waals surface area contributed by atoms with Gasteiger partial charge in [-0.3, -0.25) is 4.79 Å². The third-order valence-corrected chi connectivity index (χ3v) is 5.02. The maximum Gasteiger partial charge on any atom is 0.254 e. The summed E-state index contributed by atoms with van der Waals surface area (Å²) in [6.07, 6.45) is 0. The second kappa shape index (κ2) is 4.55. The number of nitrogens with zero attached hydrogens (tertiary/aromatic N) is 1. The molecule has 2 aliphatic rings. The Kier molecular flexibility index (Phi) is 3.09. The molecule has 3 nitrogen and oxygen atoms in total. The molecule has 0 aliphatic carbocycles. The highest BCUT2D eigenvalue weighted by atomic mass is 19.1. The molecule has 2 atom stereocenters. The van der Waals surface area contributed by atoms with Crippen molar-refractivity contribution < 1.29 is 9.18 Å². The van der Waals surface area contributed by atoms with Gasteiger partial charge in [-0.15, -0.1) is 0 Å². The Balaban J connectivity index is 1.89. The van der Waals surface area contributed by atoms with E-state index < -0.39 is 0 Å². The molecule has 20 heavy (non-hydrogen) atoms. The number of amides is 1. The van der Waals surface area contributed by atoms with Crippen LogP contribution in [0.5, 0.6) is 0 Å². The molecule has 1 amide bonds. The molecule has 2 aliphatic heterocycles. The third kappa shape index (κ3) is 1.94. The fourth-order valence-corrected chi connectivity index (χ4v) is 3.65. The average molecular weight is 276 g/mol. The lowest BCUT2D eigenvalue weighted by Gasteiger charge is -2.35. The first-order chi connectivity index (χ1) is 9.41. The number of benzene rings is 1. The minimum atomic E-state index is -0.310. The van der Waals surface area contributed by atoms with Crippen molar-refractivity contribution in [3.8, 4) is 0 Å². The van der Waals surface area contributed by atoms with Crippen LogP contribution < -0.4 is 5.32 Å². The van der Waals surface area contributed by atoms with Gasteiger partial charge in [-0.1, -0.05) is 6.07 Å². The van der Waals surface area contributed by atoms with Crippen LogP contribution in [0, 0.1) is 24.6 Å². The Morgan fingerprint density at radius 1 is 1.40 bits per heavy atom. The van der Waals surface area contributed by atoms with Crippen LogP contribution in [0.4, 0.5) is 4.39 Å². The highest BCUT2D eigenvalue weighted by molar-refractivity contribution is 5.95. The molecule has 108 valence electrons. The highest BCUT2D eigenvalue weighted by Gasteiger charge is 2.51. The lowest BCUT2D eigenvalue weighted by atomic mass is 9.84. The van der Waals surface area contributed by atoms with Crippen LogP contribution >= 0.6 is 0 Å². The van der Waals surface area contributed by atoms with E-state index in [0.717, 1.165) is 19.6 Å². The normalized spacial score (nSPS) is 27.7. The molecule has 0 bridgehead atoms. The Bertz CT molecular complexity index is 555. The topological polar surface area (TPSA) is 32.3 Å². The van der Waals surface area contributed by atoms with Crippen molar-refractivity contribution in [1.29, 1.82) is 0 Å². The lowest BCUT2D eigenvalue weighted by Crippen LogP contribution is -2.47. The second-order valence-electron chi connectivity index (χ2n) is 6.56. The monoisotopic (exact) mass is 276 g/mol. The Morgan fingerprint density at radius 3 is 2.80 bits per heavy atom. The summed E-state index contributed by atoms with van der Waals surface area (Å²) in [6.45, 7) is 8.64. The van der Waals surface area contributed by atoms with E-state index in [0.29, 0.717) is 23.0 Å². The van der Waals surface area contributed by atoms with Gasteiger partial charge in [0.2, 0.25) is 0 Å². The standard InChI is InChI=1S/C16H21FN2O/c1-10-4-5-11(6-14(10)17)15(20)19-9-12-7-18-8-13(12)16(19,2)3/h4-6,12-13,18H,7-9H2,1-3H3. The van der Waals surface area contributed by atoms with Crippen LogP contribution in [0.25, 0.3) is 0 Å². The van der Waals surface area contributed by atoms with E-state index in [4.69, 9.17) is 0 Å². The van der Waals surface area contributed by atoms with E-state index in [1.54, 1.807) is 19.1 Å². The van der Waals surface area contributed by atoms with Crippen LogP contribution in [-0.2, 0) is 0 Å². The number of carbonyl (C=O) groups excluding carboxylic acids is 1. The highest BCUT2D eigenvalue weighted by Crippen LogP contribution is 2.41. The van der Waals surface area contributed by atoms with Crippen molar-refractivity contribution in [2.75, 3.05) is 19.6 Å². The predicted octanol–water partition coefficient (Wildman–Crippen LogP) is 2.20. The van der Waals surface area contributed by atoms with E-state index in [1.807, 2.05) is 4.90 Å². The number of rotatable bonds is 1. The average Bonchev–Trinajstić information content (AvgIpc) is 2.95. The number of likely N-dealkylation sites (tertiary alicyclic amines) is 1. The molecule has 0 spiro atoms. The third-order valence-electron chi connectivity index (χ3n) is 5.02. The molecule has 2 unspecified atom stereocenters.